The maximum atomic E-state index is 11.3. The highest BCUT2D eigenvalue weighted by Gasteiger charge is 2.18. The molecule has 0 saturated carbocycles. The fourth-order valence-electron chi connectivity index (χ4n) is 1.87. The van der Waals surface area contributed by atoms with Crippen molar-refractivity contribution in [1.82, 2.24) is 9.38 Å². The average molecular weight is 268 g/mol. The Hall–Kier alpha value is -1.59. The molecule has 96 valence electrons. The van der Waals surface area contributed by atoms with Crippen LogP contribution in [0.3, 0.4) is 0 Å². The summed E-state index contributed by atoms with van der Waals surface area (Å²) >= 11 is 5.95. The normalized spacial score (nSPS) is 12.7. The lowest BCUT2D eigenvalue weighted by Gasteiger charge is -2.09. The van der Waals surface area contributed by atoms with E-state index in [4.69, 9.17) is 17.3 Å². The molecule has 18 heavy (non-hydrogen) atoms. The van der Waals surface area contributed by atoms with Gasteiger partial charge in [0.2, 0.25) is 0 Å². The van der Waals surface area contributed by atoms with Gasteiger partial charge in [0, 0.05) is 18.3 Å². The quantitative estimate of drug-likeness (QED) is 0.852. The number of esters is 1. The van der Waals surface area contributed by atoms with Crippen molar-refractivity contribution < 1.29 is 9.53 Å². The molecule has 6 heteroatoms. The molecule has 2 N–H and O–H groups in total. The summed E-state index contributed by atoms with van der Waals surface area (Å²) in [5.74, 6) is -0.439. The summed E-state index contributed by atoms with van der Waals surface area (Å²) in [4.78, 5) is 15.7. The van der Waals surface area contributed by atoms with Crippen LogP contribution in [0.25, 0.3) is 5.65 Å². The number of rotatable bonds is 3. The van der Waals surface area contributed by atoms with E-state index in [1.165, 1.54) is 7.11 Å². The third-order valence-electron chi connectivity index (χ3n) is 2.80. The van der Waals surface area contributed by atoms with E-state index in [2.05, 4.69) is 9.72 Å². The topological polar surface area (TPSA) is 69.6 Å². The maximum absolute atomic E-state index is 11.3. The summed E-state index contributed by atoms with van der Waals surface area (Å²) in [5, 5.41) is 0.604. The van der Waals surface area contributed by atoms with Gasteiger partial charge in [0.25, 0.3) is 0 Å². The molecule has 0 spiro atoms. The Kier molecular flexibility index (Phi) is 3.54. The second-order valence-corrected chi connectivity index (χ2v) is 4.49. The first-order valence-corrected chi connectivity index (χ1v) is 5.87. The van der Waals surface area contributed by atoms with Crippen molar-refractivity contribution in [3.63, 3.8) is 0 Å². The molecule has 0 amide bonds. The number of aromatic nitrogens is 2. The molecule has 0 fully saturated rings. The Labute approximate surface area is 110 Å². The molecule has 0 aliphatic heterocycles. The van der Waals surface area contributed by atoms with E-state index in [0.29, 0.717) is 11.4 Å². The van der Waals surface area contributed by atoms with E-state index in [1.807, 2.05) is 17.4 Å². The molecule has 0 radical (unpaired) electrons. The highest BCUT2D eigenvalue weighted by molar-refractivity contribution is 6.30. The molecule has 2 aromatic rings. The number of halogens is 1. The van der Waals surface area contributed by atoms with Gasteiger partial charge in [-0.1, -0.05) is 11.6 Å². The number of nitrogens with two attached hydrogens (primary N) is 1. The van der Waals surface area contributed by atoms with Gasteiger partial charge in [-0.15, -0.1) is 0 Å². The summed E-state index contributed by atoms with van der Waals surface area (Å²) in [7, 11) is 1.32. The average Bonchev–Trinajstić information content (AvgIpc) is 2.65. The highest BCUT2D eigenvalue weighted by Crippen LogP contribution is 2.17. The summed E-state index contributed by atoms with van der Waals surface area (Å²) in [6.45, 7) is 1.88. The van der Waals surface area contributed by atoms with Crippen LogP contribution in [0.1, 0.15) is 11.4 Å². The number of hydrogen-bond donors (Lipinski definition) is 1. The summed E-state index contributed by atoms with van der Waals surface area (Å²) < 4.78 is 6.46. The first-order valence-electron chi connectivity index (χ1n) is 5.49. The Morgan fingerprint density at radius 3 is 3.00 bits per heavy atom. The van der Waals surface area contributed by atoms with Crippen molar-refractivity contribution in [3.05, 3.63) is 34.7 Å². The second kappa shape index (κ2) is 4.96. The van der Waals surface area contributed by atoms with Gasteiger partial charge in [-0.2, -0.15) is 0 Å². The Balaban J connectivity index is 2.40. The summed E-state index contributed by atoms with van der Waals surface area (Å²) in [5.41, 5.74) is 8.25. The van der Waals surface area contributed by atoms with E-state index >= 15 is 0 Å². The van der Waals surface area contributed by atoms with Crippen LogP contribution in [0.5, 0.6) is 0 Å². The number of imidazole rings is 1. The Morgan fingerprint density at radius 2 is 2.33 bits per heavy atom. The van der Waals surface area contributed by atoms with Crippen LogP contribution in [-0.2, 0) is 16.0 Å². The van der Waals surface area contributed by atoms with Gasteiger partial charge < -0.3 is 14.9 Å². The SMILES string of the molecule is COC(=O)C(N)Cc1c(C)nc2ccc(Cl)cn12. The van der Waals surface area contributed by atoms with Crippen molar-refractivity contribution in [3.8, 4) is 0 Å². The lowest BCUT2D eigenvalue weighted by molar-refractivity contribution is -0.142. The number of methoxy groups -OCH3 is 1. The highest BCUT2D eigenvalue weighted by atomic mass is 35.5. The van der Waals surface area contributed by atoms with Crippen molar-refractivity contribution in [2.75, 3.05) is 7.11 Å². The lowest BCUT2D eigenvalue weighted by Crippen LogP contribution is -2.34. The summed E-state index contributed by atoms with van der Waals surface area (Å²) in [6.07, 6.45) is 2.12. The van der Waals surface area contributed by atoms with Crippen molar-refractivity contribution in [2.45, 2.75) is 19.4 Å². The maximum Gasteiger partial charge on any atom is 0.323 e. The number of nitrogens with zero attached hydrogens (tertiary/aromatic N) is 2. The Morgan fingerprint density at radius 1 is 1.61 bits per heavy atom. The number of ether oxygens (including phenoxy) is 1. The first kappa shape index (κ1) is 12.9. The second-order valence-electron chi connectivity index (χ2n) is 4.05. The zero-order valence-electron chi connectivity index (χ0n) is 10.2. The largest absolute Gasteiger partial charge is 0.468 e. The van der Waals surface area contributed by atoms with E-state index in [1.54, 1.807) is 12.3 Å². The van der Waals surface area contributed by atoms with Crippen LogP contribution in [0.2, 0.25) is 5.02 Å². The fourth-order valence-corrected chi connectivity index (χ4v) is 2.03. The molecule has 2 aromatic heterocycles. The third kappa shape index (κ3) is 2.32. The van der Waals surface area contributed by atoms with Crippen molar-refractivity contribution in [2.24, 2.45) is 5.73 Å². The minimum Gasteiger partial charge on any atom is -0.468 e. The standard InChI is InChI=1S/C12H14ClN3O2/c1-7-10(5-9(14)12(17)18-2)16-6-8(13)3-4-11(16)15-7/h3-4,6,9H,5,14H2,1-2H3. The van der Waals surface area contributed by atoms with Gasteiger partial charge in [0.05, 0.1) is 17.8 Å². The van der Waals surface area contributed by atoms with Crippen LogP contribution >= 0.6 is 11.6 Å². The van der Waals surface area contributed by atoms with Crippen LogP contribution in [-0.4, -0.2) is 28.5 Å². The number of carbonyl (C=O) groups excluding carboxylic acids is 1. The number of carbonyl (C=O) groups is 1. The minimum atomic E-state index is -0.701. The molecular formula is C12H14ClN3O2. The van der Waals surface area contributed by atoms with Crippen LogP contribution in [0.4, 0.5) is 0 Å². The van der Waals surface area contributed by atoms with Gasteiger partial charge in [-0.05, 0) is 19.1 Å². The van der Waals surface area contributed by atoms with Crippen molar-refractivity contribution >= 4 is 23.2 Å². The molecule has 0 aliphatic rings. The lowest BCUT2D eigenvalue weighted by atomic mass is 10.1. The van der Waals surface area contributed by atoms with Crippen molar-refractivity contribution in [1.29, 1.82) is 0 Å². The third-order valence-corrected chi connectivity index (χ3v) is 3.02. The van der Waals surface area contributed by atoms with E-state index in [9.17, 15) is 4.79 Å². The molecule has 0 aromatic carbocycles. The molecule has 5 nitrogen and oxygen atoms in total. The molecule has 2 rings (SSSR count). The zero-order chi connectivity index (χ0) is 13.3. The molecule has 2 heterocycles. The van der Waals surface area contributed by atoms with Crippen LogP contribution in [0, 0.1) is 6.92 Å². The minimum absolute atomic E-state index is 0.361. The monoisotopic (exact) mass is 267 g/mol. The van der Waals surface area contributed by atoms with Gasteiger partial charge in [-0.25, -0.2) is 4.98 Å². The Bertz CT molecular complexity index is 594. The van der Waals surface area contributed by atoms with Crippen LogP contribution < -0.4 is 5.73 Å². The number of aryl methyl sites for hydroxylation is 1. The predicted octanol–water partition coefficient (Wildman–Crippen LogP) is 1.34. The fraction of sp³-hybridized carbons (Fsp3) is 0.333. The molecule has 1 unspecified atom stereocenters. The summed E-state index contributed by atoms with van der Waals surface area (Å²) in [6, 6.07) is 2.89. The molecule has 0 bridgehead atoms. The van der Waals surface area contributed by atoms with E-state index in [-0.39, 0.29) is 0 Å². The van der Waals surface area contributed by atoms with Gasteiger partial charge in [0.15, 0.2) is 0 Å². The molecule has 0 saturated heterocycles. The van der Waals surface area contributed by atoms with E-state index in [0.717, 1.165) is 17.0 Å². The number of pyridine rings is 1. The number of fused-ring (bicyclic) bond motifs is 1. The first-order chi connectivity index (χ1) is 8.52. The van der Waals surface area contributed by atoms with Gasteiger partial charge in [0.1, 0.15) is 11.7 Å². The van der Waals surface area contributed by atoms with Crippen LogP contribution in [0.15, 0.2) is 18.3 Å². The molecular weight excluding hydrogens is 254 g/mol. The smallest absolute Gasteiger partial charge is 0.323 e. The van der Waals surface area contributed by atoms with E-state index < -0.39 is 12.0 Å². The zero-order valence-corrected chi connectivity index (χ0v) is 10.9. The van der Waals surface area contributed by atoms with Gasteiger partial charge >= 0.3 is 5.97 Å². The number of hydrogen-bond acceptors (Lipinski definition) is 4. The van der Waals surface area contributed by atoms with Gasteiger partial charge in [-0.3, -0.25) is 4.79 Å². The predicted molar refractivity (Wildman–Crippen MR) is 68.6 cm³/mol. The molecule has 0 aliphatic carbocycles. The molecule has 1 atom stereocenters.